The Morgan fingerprint density at radius 1 is 1.13 bits per heavy atom. The van der Waals surface area contributed by atoms with Crippen LogP contribution in [0.5, 0.6) is 0 Å². The van der Waals surface area contributed by atoms with Gasteiger partial charge in [-0.25, -0.2) is 0 Å². The number of benzene rings is 2. The summed E-state index contributed by atoms with van der Waals surface area (Å²) < 4.78 is 0. The van der Waals surface area contributed by atoms with E-state index in [2.05, 4.69) is 76.1 Å². The highest BCUT2D eigenvalue weighted by atomic mass is 35.5. The maximum atomic E-state index is 4.94. The fourth-order valence-corrected chi connectivity index (χ4v) is 5.56. The minimum atomic E-state index is 0. The molecule has 1 atom stereocenters. The fourth-order valence-electron chi connectivity index (χ4n) is 3.61. The van der Waals surface area contributed by atoms with E-state index in [1.807, 2.05) is 0 Å². The van der Waals surface area contributed by atoms with Crippen molar-refractivity contribution in [3.8, 4) is 0 Å². The smallest absolute Gasteiger partial charge is 0.168 e. The number of amidine groups is 2. The van der Waals surface area contributed by atoms with E-state index in [-0.39, 0.29) is 24.8 Å². The Labute approximate surface area is 198 Å². The van der Waals surface area contributed by atoms with Gasteiger partial charge in [-0.2, -0.15) is 0 Å². The van der Waals surface area contributed by atoms with Crippen LogP contribution in [-0.2, 0) is 13.0 Å². The van der Waals surface area contributed by atoms with Crippen molar-refractivity contribution in [1.29, 1.82) is 0 Å². The Bertz CT molecular complexity index is 989. The second kappa shape index (κ2) is 10.1. The lowest BCUT2D eigenvalue weighted by Crippen LogP contribution is -2.26. The van der Waals surface area contributed by atoms with Gasteiger partial charge < -0.3 is 10.2 Å². The number of nitrogens with one attached hydrogen (secondary N) is 1. The van der Waals surface area contributed by atoms with Gasteiger partial charge in [-0.15, -0.1) is 24.8 Å². The zero-order chi connectivity index (χ0) is 18.9. The minimum absolute atomic E-state index is 0. The second-order valence-corrected chi connectivity index (χ2v) is 9.09. The second-order valence-electron chi connectivity index (χ2n) is 7.29. The van der Waals surface area contributed by atoms with E-state index in [0.29, 0.717) is 6.04 Å². The Hall–Kier alpha value is -1.60. The van der Waals surface area contributed by atoms with Crippen molar-refractivity contribution in [1.82, 2.24) is 4.90 Å². The molecule has 8 heteroatoms. The van der Waals surface area contributed by atoms with Crippen molar-refractivity contribution in [2.75, 3.05) is 17.6 Å². The number of rotatable bonds is 4. The van der Waals surface area contributed by atoms with E-state index in [4.69, 9.17) is 4.99 Å². The number of aryl methyl sites for hydroxylation is 1. The highest BCUT2D eigenvalue weighted by molar-refractivity contribution is 8.17. The summed E-state index contributed by atoms with van der Waals surface area (Å²) in [7, 11) is 0. The molecule has 4 nitrogen and oxygen atoms in total. The summed E-state index contributed by atoms with van der Waals surface area (Å²) in [5, 5.41) is 7.85. The van der Waals surface area contributed by atoms with Crippen molar-refractivity contribution in [2.24, 2.45) is 9.98 Å². The zero-order valence-corrected chi connectivity index (χ0v) is 19.8. The lowest BCUT2D eigenvalue weighted by atomic mass is 10.1. The van der Waals surface area contributed by atoms with Crippen molar-refractivity contribution in [2.45, 2.75) is 25.9 Å². The van der Waals surface area contributed by atoms with Crippen molar-refractivity contribution < 1.29 is 0 Å². The third-order valence-corrected chi connectivity index (χ3v) is 7.04. The number of nitrogens with zero attached hydrogens (tertiary/aromatic N) is 3. The quantitative estimate of drug-likeness (QED) is 0.609. The molecule has 3 aliphatic rings. The number of aliphatic imine (C=N–C) groups is 2. The zero-order valence-electron chi connectivity index (χ0n) is 16.6. The minimum Gasteiger partial charge on any atom is -0.335 e. The maximum Gasteiger partial charge on any atom is 0.168 e. The number of halogens is 2. The van der Waals surface area contributed by atoms with Gasteiger partial charge in [-0.05, 0) is 35.9 Å². The van der Waals surface area contributed by atoms with E-state index in [9.17, 15) is 0 Å². The van der Waals surface area contributed by atoms with Crippen LogP contribution in [0.1, 0.15) is 16.7 Å². The predicted molar refractivity (Wildman–Crippen MR) is 137 cm³/mol. The number of para-hydroxylation sites is 1. The van der Waals surface area contributed by atoms with Crippen LogP contribution < -0.4 is 5.32 Å². The maximum absolute atomic E-state index is 4.94. The van der Waals surface area contributed by atoms with Crippen molar-refractivity contribution >= 4 is 64.4 Å². The molecule has 0 saturated heterocycles. The Morgan fingerprint density at radius 2 is 1.93 bits per heavy atom. The number of hydrogen-bond donors (Lipinski definition) is 1. The molecule has 0 aromatic heterocycles. The molecular formula is C22H24Cl2N4S2. The van der Waals surface area contributed by atoms with Crippen molar-refractivity contribution in [3.05, 3.63) is 76.3 Å². The molecule has 158 valence electrons. The molecule has 1 N–H and O–H groups in total. The first-order valence-electron chi connectivity index (χ1n) is 9.53. The fraction of sp³-hybridized carbons (Fsp3) is 0.273. The first-order valence-corrected chi connectivity index (χ1v) is 11.4. The number of anilines is 1. The molecule has 2 aromatic carbocycles. The van der Waals surface area contributed by atoms with Crippen LogP contribution in [0.15, 0.2) is 69.6 Å². The van der Waals surface area contributed by atoms with E-state index < -0.39 is 0 Å². The summed E-state index contributed by atoms with van der Waals surface area (Å²) in [6, 6.07) is 17.5. The van der Waals surface area contributed by atoms with Crippen LogP contribution in [0, 0.1) is 6.92 Å². The molecule has 3 heterocycles. The first-order chi connectivity index (χ1) is 13.7. The van der Waals surface area contributed by atoms with Gasteiger partial charge >= 0.3 is 0 Å². The van der Waals surface area contributed by atoms with Gasteiger partial charge in [-0.3, -0.25) is 9.98 Å². The third kappa shape index (κ3) is 4.99. The van der Waals surface area contributed by atoms with Gasteiger partial charge in [0, 0.05) is 23.7 Å². The van der Waals surface area contributed by atoms with Crippen LogP contribution in [0.3, 0.4) is 0 Å². The summed E-state index contributed by atoms with van der Waals surface area (Å²) in [6.07, 6.45) is 1.01. The van der Waals surface area contributed by atoms with E-state index in [0.717, 1.165) is 35.6 Å². The van der Waals surface area contributed by atoms with Crippen LogP contribution in [0.2, 0.25) is 0 Å². The molecule has 0 bridgehead atoms. The topological polar surface area (TPSA) is 40.0 Å². The highest BCUT2D eigenvalue weighted by Gasteiger charge is 2.32. The largest absolute Gasteiger partial charge is 0.335 e. The molecule has 0 fully saturated rings. The van der Waals surface area contributed by atoms with Crippen molar-refractivity contribution in [3.63, 3.8) is 0 Å². The number of thioether (sulfide) groups is 2. The average Bonchev–Trinajstić information content (AvgIpc) is 3.28. The Morgan fingerprint density at radius 3 is 2.77 bits per heavy atom. The van der Waals surface area contributed by atoms with Crippen LogP contribution in [0.4, 0.5) is 5.69 Å². The van der Waals surface area contributed by atoms with E-state index in [1.165, 1.54) is 28.1 Å². The van der Waals surface area contributed by atoms with Gasteiger partial charge in [0.1, 0.15) is 0 Å². The van der Waals surface area contributed by atoms with Gasteiger partial charge in [0.2, 0.25) is 0 Å². The number of fused-ring (bicyclic) bond motifs is 2. The SMILES string of the molecule is Cc1ccc(CC2CN3C(CSC4=NCc5ccccc5N4)=CSC3=N2)cc1.Cl.Cl. The molecule has 0 amide bonds. The van der Waals surface area contributed by atoms with Gasteiger partial charge in [0.05, 0.1) is 12.6 Å². The molecular weight excluding hydrogens is 455 g/mol. The molecule has 1 unspecified atom stereocenters. The summed E-state index contributed by atoms with van der Waals surface area (Å²) in [4.78, 5) is 12.0. The molecule has 0 aliphatic carbocycles. The summed E-state index contributed by atoms with van der Waals surface area (Å²) in [5.41, 5.74) is 6.45. The summed E-state index contributed by atoms with van der Waals surface area (Å²) >= 11 is 3.53. The number of hydrogen-bond acceptors (Lipinski definition) is 6. The standard InChI is InChI=1S/C22H22N4S2.2ClH/c1-15-6-8-16(9-7-15)10-18-12-26-19(14-28-22(26)24-18)13-27-21-23-11-17-4-2-3-5-20(17)25-21;;/h2-9,14,18H,10-13H2,1H3,(H,23,25);2*1H. The van der Waals surface area contributed by atoms with Crippen LogP contribution >= 0.6 is 48.3 Å². The molecule has 2 aromatic rings. The van der Waals surface area contributed by atoms with Crippen LogP contribution in [-0.4, -0.2) is 33.6 Å². The van der Waals surface area contributed by atoms with Gasteiger partial charge in [0.15, 0.2) is 10.3 Å². The highest BCUT2D eigenvalue weighted by Crippen LogP contribution is 2.34. The molecule has 0 spiro atoms. The summed E-state index contributed by atoms with van der Waals surface area (Å²) in [6.45, 7) is 3.87. The molecule has 0 radical (unpaired) electrons. The molecule has 3 aliphatic heterocycles. The lowest BCUT2D eigenvalue weighted by Gasteiger charge is -2.20. The van der Waals surface area contributed by atoms with Gasteiger partial charge in [-0.1, -0.05) is 71.6 Å². The Kier molecular flexibility index (Phi) is 7.80. The Balaban J connectivity index is 0.00000128. The normalized spacial score (nSPS) is 18.8. The van der Waals surface area contributed by atoms with E-state index >= 15 is 0 Å². The monoisotopic (exact) mass is 478 g/mol. The first kappa shape index (κ1) is 23.1. The third-order valence-electron chi connectivity index (χ3n) is 5.16. The predicted octanol–water partition coefficient (Wildman–Crippen LogP) is 5.72. The van der Waals surface area contributed by atoms with E-state index in [1.54, 1.807) is 23.5 Å². The van der Waals surface area contributed by atoms with Gasteiger partial charge in [0.25, 0.3) is 0 Å². The molecule has 5 rings (SSSR count). The van der Waals surface area contributed by atoms with Crippen LogP contribution in [0.25, 0.3) is 0 Å². The molecule has 0 saturated carbocycles. The average molecular weight is 480 g/mol. The summed E-state index contributed by atoms with van der Waals surface area (Å²) in [5.74, 6) is 0.914. The molecule has 30 heavy (non-hydrogen) atoms. The lowest BCUT2D eigenvalue weighted by molar-refractivity contribution is 0.512.